The number of benzene rings is 1. The van der Waals surface area contributed by atoms with Gasteiger partial charge in [0.15, 0.2) is 11.5 Å². The number of nitrogens with one attached hydrogen (secondary N) is 2. The van der Waals surface area contributed by atoms with Gasteiger partial charge in [0.2, 0.25) is 5.91 Å². The van der Waals surface area contributed by atoms with Gasteiger partial charge in [0.1, 0.15) is 11.6 Å². The van der Waals surface area contributed by atoms with Crippen molar-refractivity contribution >= 4 is 23.5 Å². The summed E-state index contributed by atoms with van der Waals surface area (Å²) in [5.41, 5.74) is 0.687. The van der Waals surface area contributed by atoms with Crippen molar-refractivity contribution in [2.75, 3.05) is 39.0 Å². The van der Waals surface area contributed by atoms with E-state index in [1.165, 1.54) is 11.8 Å². The number of fused-ring (bicyclic) bond motifs is 1. The van der Waals surface area contributed by atoms with Crippen molar-refractivity contribution in [3.05, 3.63) is 33.6 Å². The monoisotopic (exact) mass is 463 g/mol. The third kappa shape index (κ3) is 4.09. The number of anilines is 1. The number of aromatic nitrogens is 2. The van der Waals surface area contributed by atoms with Crippen LogP contribution < -0.4 is 25.1 Å². The highest BCUT2D eigenvalue weighted by atomic mass is 32.2. The van der Waals surface area contributed by atoms with Gasteiger partial charge in [-0.2, -0.15) is 0 Å². The lowest BCUT2D eigenvalue weighted by atomic mass is 9.94. The molecule has 3 heterocycles. The maximum Gasteiger partial charge on any atom is 0.270 e. The second-order valence-corrected chi connectivity index (χ2v) is 9.61. The van der Waals surface area contributed by atoms with Crippen molar-refractivity contribution in [3.63, 3.8) is 0 Å². The van der Waals surface area contributed by atoms with Gasteiger partial charge in [0.05, 0.1) is 49.5 Å². The molecule has 1 amide bonds. The van der Waals surface area contributed by atoms with Crippen LogP contribution in [-0.2, 0) is 9.53 Å². The normalized spacial score (nSPS) is 22.5. The molecule has 2 atom stereocenters. The van der Waals surface area contributed by atoms with Gasteiger partial charge in [0.25, 0.3) is 5.56 Å². The Bertz CT molecular complexity index is 1080. The van der Waals surface area contributed by atoms with Gasteiger partial charge in [-0.05, 0) is 32.8 Å². The molecule has 2 aliphatic rings. The van der Waals surface area contributed by atoms with E-state index in [1.807, 2.05) is 24.6 Å². The number of thioether (sulfide) groups is 1. The molecule has 2 N–H and O–H groups in total. The van der Waals surface area contributed by atoms with Crippen LogP contribution in [0.1, 0.15) is 49.1 Å². The van der Waals surface area contributed by atoms with E-state index in [2.05, 4.69) is 10.4 Å². The molecule has 32 heavy (non-hydrogen) atoms. The molecule has 174 valence electrons. The lowest BCUT2D eigenvalue weighted by Gasteiger charge is -2.36. The fraction of sp³-hybridized carbons (Fsp3) is 0.545. The number of rotatable bonds is 5. The highest BCUT2D eigenvalue weighted by Gasteiger charge is 2.37. The number of carbonyl (C=O) groups is 1. The Kier molecular flexibility index (Phi) is 6.17. The van der Waals surface area contributed by atoms with Crippen LogP contribution in [0.4, 0.5) is 5.82 Å². The van der Waals surface area contributed by atoms with Gasteiger partial charge in [-0.25, -0.2) is 0 Å². The minimum absolute atomic E-state index is 0.00606. The number of methoxy groups -OCH3 is 3. The molecule has 0 saturated carbocycles. The largest absolute Gasteiger partial charge is 0.496 e. The van der Waals surface area contributed by atoms with Crippen molar-refractivity contribution in [2.45, 2.75) is 43.6 Å². The molecule has 2 aliphatic heterocycles. The van der Waals surface area contributed by atoms with Gasteiger partial charge >= 0.3 is 0 Å². The van der Waals surface area contributed by atoms with E-state index in [0.717, 1.165) is 18.4 Å². The summed E-state index contributed by atoms with van der Waals surface area (Å²) < 4.78 is 24.2. The molecule has 1 fully saturated rings. The number of H-pyrrole nitrogens is 1. The number of hydrogen-bond acceptors (Lipinski definition) is 7. The van der Waals surface area contributed by atoms with Crippen LogP contribution in [0.3, 0.4) is 0 Å². The van der Waals surface area contributed by atoms with Gasteiger partial charge in [-0.3, -0.25) is 19.4 Å². The molecule has 10 heteroatoms. The van der Waals surface area contributed by atoms with Crippen LogP contribution in [0.15, 0.2) is 16.9 Å². The zero-order valence-electron chi connectivity index (χ0n) is 18.9. The maximum atomic E-state index is 13.2. The van der Waals surface area contributed by atoms with Crippen LogP contribution >= 0.6 is 11.8 Å². The summed E-state index contributed by atoms with van der Waals surface area (Å²) in [4.78, 5) is 25.9. The Morgan fingerprint density at radius 2 is 1.78 bits per heavy atom. The average Bonchev–Trinajstić information content (AvgIpc) is 2.97. The molecular formula is C22H29N3O6S. The predicted octanol–water partition coefficient (Wildman–Crippen LogP) is 3.11. The summed E-state index contributed by atoms with van der Waals surface area (Å²) in [5.74, 6) is 2.16. The highest BCUT2D eigenvalue weighted by Crippen LogP contribution is 2.47. The zero-order chi connectivity index (χ0) is 23.0. The van der Waals surface area contributed by atoms with Crippen molar-refractivity contribution < 1.29 is 23.7 Å². The Morgan fingerprint density at radius 1 is 1.09 bits per heavy atom. The molecule has 0 radical (unpaired) electrons. The molecule has 4 rings (SSSR count). The van der Waals surface area contributed by atoms with Crippen LogP contribution in [-0.4, -0.2) is 55.0 Å². The molecule has 9 nitrogen and oxygen atoms in total. The number of hydrogen-bond donors (Lipinski definition) is 2. The summed E-state index contributed by atoms with van der Waals surface area (Å²) >= 11 is 1.38. The topological polar surface area (TPSA) is 104 Å². The lowest BCUT2D eigenvalue weighted by molar-refractivity contribution is -0.113. The second-order valence-electron chi connectivity index (χ2n) is 8.52. The van der Waals surface area contributed by atoms with Gasteiger partial charge in [-0.15, -0.1) is 11.8 Å². The fourth-order valence-corrected chi connectivity index (χ4v) is 5.58. The van der Waals surface area contributed by atoms with E-state index in [1.54, 1.807) is 27.4 Å². The van der Waals surface area contributed by atoms with E-state index in [0.29, 0.717) is 35.2 Å². The van der Waals surface area contributed by atoms with Crippen LogP contribution in [0.2, 0.25) is 0 Å². The Morgan fingerprint density at radius 3 is 2.44 bits per heavy atom. The number of ether oxygens (including phenoxy) is 4. The lowest BCUT2D eigenvalue weighted by Crippen LogP contribution is -2.36. The first-order valence-corrected chi connectivity index (χ1v) is 11.5. The van der Waals surface area contributed by atoms with Crippen molar-refractivity contribution in [2.24, 2.45) is 0 Å². The zero-order valence-corrected chi connectivity index (χ0v) is 19.8. The molecule has 0 bridgehead atoms. The van der Waals surface area contributed by atoms with Crippen LogP contribution in [0.25, 0.3) is 0 Å². The Labute approximate surface area is 190 Å². The predicted molar refractivity (Wildman–Crippen MR) is 122 cm³/mol. The fourth-order valence-electron chi connectivity index (χ4n) is 4.44. The average molecular weight is 464 g/mol. The smallest absolute Gasteiger partial charge is 0.270 e. The Balaban J connectivity index is 1.86. The van der Waals surface area contributed by atoms with Crippen molar-refractivity contribution in [1.29, 1.82) is 0 Å². The summed E-state index contributed by atoms with van der Waals surface area (Å²) in [7, 11) is 4.68. The number of amides is 1. The summed E-state index contributed by atoms with van der Waals surface area (Å²) in [6.07, 6.45) is 1.46. The minimum Gasteiger partial charge on any atom is -0.496 e. The van der Waals surface area contributed by atoms with E-state index in [-0.39, 0.29) is 28.9 Å². The first-order chi connectivity index (χ1) is 15.3. The van der Waals surface area contributed by atoms with Crippen LogP contribution in [0, 0.1) is 0 Å². The summed E-state index contributed by atoms with van der Waals surface area (Å²) in [5, 5.41) is 5.51. The van der Waals surface area contributed by atoms with Crippen molar-refractivity contribution in [1.82, 2.24) is 9.78 Å². The van der Waals surface area contributed by atoms with Gasteiger partial charge in [-0.1, -0.05) is 0 Å². The van der Waals surface area contributed by atoms with E-state index in [4.69, 9.17) is 18.9 Å². The van der Waals surface area contributed by atoms with Gasteiger partial charge in [0, 0.05) is 18.2 Å². The number of aromatic amines is 1. The third-order valence-electron chi connectivity index (χ3n) is 5.92. The second kappa shape index (κ2) is 8.74. The molecule has 0 unspecified atom stereocenters. The molecule has 2 aromatic rings. The first kappa shape index (κ1) is 22.6. The minimum atomic E-state index is -0.434. The number of nitrogens with zero attached hydrogens (tertiary/aromatic N) is 1. The van der Waals surface area contributed by atoms with E-state index in [9.17, 15) is 9.59 Å². The van der Waals surface area contributed by atoms with Crippen LogP contribution in [0.5, 0.6) is 17.2 Å². The third-order valence-corrected chi connectivity index (χ3v) is 7.17. The Hall–Kier alpha value is -2.59. The molecule has 1 saturated heterocycles. The molecular weight excluding hydrogens is 434 g/mol. The quantitative estimate of drug-likeness (QED) is 0.702. The summed E-state index contributed by atoms with van der Waals surface area (Å²) in [6.45, 7) is 4.65. The van der Waals surface area contributed by atoms with E-state index >= 15 is 0 Å². The molecule has 1 aromatic carbocycles. The summed E-state index contributed by atoms with van der Waals surface area (Å²) in [6, 6.07) is 3.55. The number of carbonyl (C=O) groups excluding carboxylic acids is 1. The molecule has 1 aromatic heterocycles. The van der Waals surface area contributed by atoms with Crippen molar-refractivity contribution in [3.8, 4) is 17.2 Å². The van der Waals surface area contributed by atoms with E-state index < -0.39 is 5.25 Å². The molecule has 0 spiro atoms. The van der Waals surface area contributed by atoms with Gasteiger partial charge < -0.3 is 24.3 Å². The maximum absolute atomic E-state index is 13.2. The highest BCUT2D eigenvalue weighted by molar-refractivity contribution is 8.00. The first-order valence-electron chi connectivity index (χ1n) is 10.5. The standard InChI is InChI=1S/C22H29N3O6S/c1-22(2)10-12(6-7-31-22)25-20-18(21(27)24-25)19(32-11-17(26)23-20)13-8-15(29-4)16(30-5)9-14(13)28-3/h8-9,12,19H,6-7,10-11H2,1-5H3,(H,23,26)(H,24,27)/t12-,19+/m1/s1. The SMILES string of the molecule is COc1cc(OC)c([C@@H]2SCC(=O)Nc3c2c(=O)[nH]n3[C@@H]2CCOC(C)(C)C2)cc1OC. The molecule has 0 aliphatic carbocycles.